The van der Waals surface area contributed by atoms with E-state index in [0.29, 0.717) is 0 Å². The van der Waals surface area contributed by atoms with Crippen molar-refractivity contribution >= 4 is 12.0 Å². The molecule has 2 atom stereocenters. The highest BCUT2D eigenvalue weighted by Gasteiger charge is 2.53. The van der Waals surface area contributed by atoms with E-state index in [1.54, 1.807) is 13.8 Å². The van der Waals surface area contributed by atoms with Crippen molar-refractivity contribution in [2.75, 3.05) is 13.1 Å². The van der Waals surface area contributed by atoms with Gasteiger partial charge in [0.2, 0.25) is 0 Å². The van der Waals surface area contributed by atoms with Crippen LogP contribution in [-0.4, -0.2) is 47.3 Å². The molecule has 0 aromatic heterocycles. The third-order valence-corrected chi connectivity index (χ3v) is 2.76. The van der Waals surface area contributed by atoms with E-state index in [9.17, 15) is 22.8 Å². The summed E-state index contributed by atoms with van der Waals surface area (Å²) in [5.41, 5.74) is 0. The minimum absolute atomic E-state index is 0.217. The molecule has 18 heavy (non-hydrogen) atoms. The fraction of sp³-hybridized carbons (Fsp3) is 0.800. The van der Waals surface area contributed by atoms with Gasteiger partial charge in [0, 0.05) is 19.1 Å². The van der Waals surface area contributed by atoms with E-state index in [4.69, 9.17) is 5.11 Å². The number of rotatable bonds is 2. The number of alkyl halides is 3. The van der Waals surface area contributed by atoms with Crippen LogP contribution < -0.4 is 5.32 Å². The second kappa shape index (κ2) is 5.03. The summed E-state index contributed by atoms with van der Waals surface area (Å²) >= 11 is 0. The molecular weight excluding hydrogens is 253 g/mol. The maximum atomic E-state index is 12.6. The Balaban J connectivity index is 2.79. The molecule has 0 saturated carbocycles. The molecule has 0 radical (unpaired) electrons. The summed E-state index contributed by atoms with van der Waals surface area (Å²) < 4.78 is 37.9. The van der Waals surface area contributed by atoms with E-state index in [1.807, 2.05) is 0 Å². The number of nitrogens with zero attached hydrogens (tertiary/aromatic N) is 1. The molecule has 0 aromatic rings. The van der Waals surface area contributed by atoms with Crippen LogP contribution in [0.15, 0.2) is 0 Å². The first kappa shape index (κ1) is 14.6. The van der Waals surface area contributed by atoms with Gasteiger partial charge in [-0.05, 0) is 13.8 Å². The third-order valence-electron chi connectivity index (χ3n) is 2.76. The molecule has 0 aromatic carbocycles. The number of carbonyl (C=O) groups is 2. The quantitative estimate of drug-likeness (QED) is 0.793. The Morgan fingerprint density at radius 1 is 1.33 bits per heavy atom. The van der Waals surface area contributed by atoms with E-state index >= 15 is 0 Å². The first-order valence-electron chi connectivity index (χ1n) is 5.48. The molecule has 0 aliphatic carbocycles. The van der Waals surface area contributed by atoms with E-state index in [2.05, 4.69) is 5.32 Å². The Hall–Kier alpha value is -1.47. The monoisotopic (exact) mass is 268 g/mol. The number of halogens is 3. The van der Waals surface area contributed by atoms with Crippen LogP contribution in [0, 0.1) is 11.8 Å². The van der Waals surface area contributed by atoms with Crippen molar-refractivity contribution < 1.29 is 27.9 Å². The van der Waals surface area contributed by atoms with Crippen LogP contribution >= 0.6 is 0 Å². The normalized spacial score (nSPS) is 24.4. The van der Waals surface area contributed by atoms with Gasteiger partial charge in [-0.25, -0.2) is 4.79 Å². The van der Waals surface area contributed by atoms with Crippen molar-refractivity contribution in [1.29, 1.82) is 0 Å². The Morgan fingerprint density at radius 2 is 1.89 bits per heavy atom. The summed E-state index contributed by atoms with van der Waals surface area (Å²) in [5, 5.41) is 11.2. The number of carboxylic acid groups (broad SMARTS) is 1. The van der Waals surface area contributed by atoms with Gasteiger partial charge >= 0.3 is 18.2 Å². The minimum Gasteiger partial charge on any atom is -0.481 e. The molecule has 1 fully saturated rings. The average molecular weight is 268 g/mol. The molecule has 1 rings (SSSR count). The van der Waals surface area contributed by atoms with Gasteiger partial charge in [-0.15, -0.1) is 0 Å². The lowest BCUT2D eigenvalue weighted by atomic mass is 9.96. The van der Waals surface area contributed by atoms with Gasteiger partial charge in [0.05, 0.1) is 11.8 Å². The van der Waals surface area contributed by atoms with E-state index in [1.165, 1.54) is 0 Å². The van der Waals surface area contributed by atoms with Crippen molar-refractivity contribution in [3.05, 3.63) is 0 Å². The zero-order valence-corrected chi connectivity index (χ0v) is 9.99. The van der Waals surface area contributed by atoms with Crippen molar-refractivity contribution in [2.45, 2.75) is 26.1 Å². The molecule has 0 spiro atoms. The molecule has 8 heteroatoms. The summed E-state index contributed by atoms with van der Waals surface area (Å²) in [6, 6.07) is -0.881. The topological polar surface area (TPSA) is 69.6 Å². The highest BCUT2D eigenvalue weighted by Crippen LogP contribution is 2.37. The van der Waals surface area contributed by atoms with Gasteiger partial charge < -0.3 is 15.3 Å². The van der Waals surface area contributed by atoms with Gasteiger partial charge in [-0.1, -0.05) is 0 Å². The maximum Gasteiger partial charge on any atom is 0.394 e. The second-order valence-electron chi connectivity index (χ2n) is 4.60. The predicted molar refractivity (Wildman–Crippen MR) is 55.9 cm³/mol. The Bertz CT molecular complexity index is 344. The average Bonchev–Trinajstić information content (AvgIpc) is 2.59. The molecule has 1 saturated heterocycles. The van der Waals surface area contributed by atoms with Crippen LogP contribution in [0.5, 0.6) is 0 Å². The Morgan fingerprint density at radius 3 is 2.22 bits per heavy atom. The van der Waals surface area contributed by atoms with Gasteiger partial charge in [-0.2, -0.15) is 13.2 Å². The molecule has 2 N–H and O–H groups in total. The number of carbonyl (C=O) groups excluding carboxylic acids is 1. The lowest BCUT2D eigenvalue weighted by Gasteiger charge is -2.19. The number of aliphatic carboxylic acids is 1. The number of likely N-dealkylation sites (tertiary alicyclic amines) is 1. The third kappa shape index (κ3) is 3.27. The first-order valence-corrected chi connectivity index (χ1v) is 5.48. The summed E-state index contributed by atoms with van der Waals surface area (Å²) in [7, 11) is 0. The van der Waals surface area contributed by atoms with E-state index in [-0.39, 0.29) is 6.04 Å². The van der Waals surface area contributed by atoms with Crippen LogP contribution in [0.25, 0.3) is 0 Å². The maximum absolute atomic E-state index is 12.6. The number of carboxylic acids is 1. The number of hydrogen-bond acceptors (Lipinski definition) is 2. The first-order chi connectivity index (χ1) is 8.12. The van der Waals surface area contributed by atoms with Crippen molar-refractivity contribution in [2.24, 2.45) is 11.8 Å². The fourth-order valence-corrected chi connectivity index (χ4v) is 1.89. The van der Waals surface area contributed by atoms with Crippen LogP contribution in [0.4, 0.5) is 18.0 Å². The molecule has 5 nitrogen and oxygen atoms in total. The highest BCUT2D eigenvalue weighted by atomic mass is 19.4. The lowest BCUT2D eigenvalue weighted by Crippen LogP contribution is -2.42. The Labute approximate surface area is 102 Å². The van der Waals surface area contributed by atoms with Gasteiger partial charge in [0.25, 0.3) is 0 Å². The van der Waals surface area contributed by atoms with Crippen LogP contribution in [-0.2, 0) is 4.79 Å². The van der Waals surface area contributed by atoms with E-state index in [0.717, 1.165) is 4.90 Å². The largest absolute Gasteiger partial charge is 0.481 e. The standard InChI is InChI=1S/C10H15F3N2O3/c1-5(2)14-9(18)15-3-6(8(16)17)7(4-15)10(11,12)13/h5-7H,3-4H2,1-2H3,(H,14,18)(H,16,17)/t6-,7-/m1/s1. The summed E-state index contributed by atoms with van der Waals surface area (Å²) in [5.74, 6) is -5.13. The number of nitrogens with one attached hydrogen (secondary N) is 1. The summed E-state index contributed by atoms with van der Waals surface area (Å²) in [6.45, 7) is 2.31. The number of urea groups is 1. The zero-order valence-electron chi connectivity index (χ0n) is 9.99. The number of hydrogen-bond donors (Lipinski definition) is 2. The molecule has 1 aliphatic heterocycles. The van der Waals surface area contributed by atoms with Crippen molar-refractivity contribution in [1.82, 2.24) is 10.2 Å². The molecular formula is C10H15F3N2O3. The van der Waals surface area contributed by atoms with Crippen molar-refractivity contribution in [3.63, 3.8) is 0 Å². The fourth-order valence-electron chi connectivity index (χ4n) is 1.89. The van der Waals surface area contributed by atoms with E-state index < -0.39 is 43.1 Å². The van der Waals surface area contributed by atoms with Crippen LogP contribution in [0.3, 0.4) is 0 Å². The molecule has 1 heterocycles. The van der Waals surface area contributed by atoms with Crippen LogP contribution in [0.1, 0.15) is 13.8 Å². The lowest BCUT2D eigenvalue weighted by molar-refractivity contribution is -0.187. The van der Waals surface area contributed by atoms with Gasteiger partial charge in [-0.3, -0.25) is 4.79 Å². The molecule has 0 bridgehead atoms. The molecule has 104 valence electrons. The molecule has 1 aliphatic rings. The van der Waals surface area contributed by atoms with Gasteiger partial charge in [0.1, 0.15) is 0 Å². The zero-order chi connectivity index (χ0) is 14.1. The smallest absolute Gasteiger partial charge is 0.394 e. The summed E-state index contributed by atoms with van der Waals surface area (Å²) in [6.07, 6.45) is -4.62. The molecule has 2 amide bonds. The second-order valence-corrected chi connectivity index (χ2v) is 4.60. The summed E-state index contributed by atoms with van der Waals surface area (Å²) in [4.78, 5) is 23.2. The molecule has 0 unspecified atom stereocenters. The number of amides is 2. The van der Waals surface area contributed by atoms with Crippen LogP contribution in [0.2, 0.25) is 0 Å². The Kier molecular flexibility index (Phi) is 4.08. The van der Waals surface area contributed by atoms with Gasteiger partial charge in [0.15, 0.2) is 0 Å². The van der Waals surface area contributed by atoms with Crippen molar-refractivity contribution in [3.8, 4) is 0 Å². The SMILES string of the molecule is CC(C)NC(=O)N1C[C@@H](C(F)(F)F)[C@H](C(=O)O)C1. The highest BCUT2D eigenvalue weighted by molar-refractivity contribution is 5.78. The predicted octanol–water partition coefficient (Wildman–Crippen LogP) is 1.30. The minimum atomic E-state index is -4.62.